The fraction of sp³-hybridized carbons (Fsp3) is 0.333. The SMILES string of the molecule is CC=Cc1ccccc1.CN(C)C. The third kappa shape index (κ3) is 8.83. The van der Waals surface area contributed by atoms with E-state index in [0.717, 1.165) is 0 Å². The lowest BCUT2D eigenvalue weighted by Crippen LogP contribution is -1.99. The van der Waals surface area contributed by atoms with Crippen LogP contribution in [0, 0.1) is 0 Å². The summed E-state index contributed by atoms with van der Waals surface area (Å²) in [6.45, 7) is 2.02. The molecule has 1 aromatic carbocycles. The number of rotatable bonds is 1. The highest BCUT2D eigenvalue weighted by Gasteiger charge is 1.77. The van der Waals surface area contributed by atoms with Gasteiger partial charge >= 0.3 is 0 Å². The predicted molar refractivity (Wildman–Crippen MR) is 60.8 cm³/mol. The largest absolute Gasteiger partial charge is 0.312 e. The smallest absolute Gasteiger partial charge is 0.0140 e. The molecule has 0 bridgehead atoms. The lowest BCUT2D eigenvalue weighted by atomic mass is 10.2. The molecule has 0 fully saturated rings. The lowest BCUT2D eigenvalue weighted by Gasteiger charge is -1.90. The van der Waals surface area contributed by atoms with E-state index in [-0.39, 0.29) is 0 Å². The molecule has 0 heterocycles. The first-order valence-electron chi connectivity index (χ1n) is 4.45. The van der Waals surface area contributed by atoms with Crippen molar-refractivity contribution in [3.63, 3.8) is 0 Å². The van der Waals surface area contributed by atoms with Crippen LogP contribution in [0.25, 0.3) is 6.08 Å². The third-order valence-electron chi connectivity index (χ3n) is 1.16. The molecule has 0 aliphatic carbocycles. The number of nitrogens with zero attached hydrogens (tertiary/aromatic N) is 1. The Balaban J connectivity index is 0.000000310. The molecule has 0 radical (unpaired) electrons. The molecule has 0 aromatic heterocycles. The quantitative estimate of drug-likeness (QED) is 0.637. The van der Waals surface area contributed by atoms with Gasteiger partial charge in [0.05, 0.1) is 0 Å². The van der Waals surface area contributed by atoms with Crippen LogP contribution < -0.4 is 0 Å². The summed E-state index contributed by atoms with van der Waals surface area (Å²) in [6, 6.07) is 10.3. The van der Waals surface area contributed by atoms with Crippen molar-refractivity contribution in [3.8, 4) is 0 Å². The van der Waals surface area contributed by atoms with Crippen LogP contribution in [-0.4, -0.2) is 26.0 Å². The summed E-state index contributed by atoms with van der Waals surface area (Å²) in [5.74, 6) is 0. The fourth-order valence-electron chi connectivity index (χ4n) is 0.757. The molecule has 0 atom stereocenters. The summed E-state index contributed by atoms with van der Waals surface area (Å²) >= 11 is 0. The van der Waals surface area contributed by atoms with E-state index >= 15 is 0 Å². The van der Waals surface area contributed by atoms with Crippen molar-refractivity contribution in [3.05, 3.63) is 42.0 Å². The van der Waals surface area contributed by atoms with Gasteiger partial charge in [-0.05, 0) is 33.6 Å². The van der Waals surface area contributed by atoms with Crippen molar-refractivity contribution in [2.45, 2.75) is 6.92 Å². The minimum atomic E-state index is 1.26. The summed E-state index contributed by atoms with van der Waals surface area (Å²) in [4.78, 5) is 2.00. The average Bonchev–Trinajstić information content (AvgIpc) is 2.06. The molecule has 1 aromatic rings. The van der Waals surface area contributed by atoms with Gasteiger partial charge in [0.15, 0.2) is 0 Å². The minimum Gasteiger partial charge on any atom is -0.312 e. The number of benzene rings is 1. The molecule has 0 aliphatic heterocycles. The van der Waals surface area contributed by atoms with Crippen LogP contribution in [0.3, 0.4) is 0 Å². The summed E-state index contributed by atoms with van der Waals surface area (Å²) in [5.41, 5.74) is 1.26. The van der Waals surface area contributed by atoms with E-state index in [0.29, 0.717) is 0 Å². The summed E-state index contributed by atoms with van der Waals surface area (Å²) in [5, 5.41) is 0. The van der Waals surface area contributed by atoms with E-state index < -0.39 is 0 Å². The molecular weight excluding hydrogens is 158 g/mol. The highest BCUT2D eigenvalue weighted by Crippen LogP contribution is 1.99. The zero-order valence-electron chi connectivity index (χ0n) is 8.99. The first-order valence-corrected chi connectivity index (χ1v) is 4.45. The van der Waals surface area contributed by atoms with Crippen LogP contribution in [0.4, 0.5) is 0 Å². The molecule has 1 nitrogen and oxygen atoms in total. The minimum absolute atomic E-state index is 1.26. The molecule has 0 unspecified atom stereocenters. The van der Waals surface area contributed by atoms with E-state index in [1.807, 2.05) is 57.2 Å². The van der Waals surface area contributed by atoms with Crippen LogP contribution in [0.2, 0.25) is 0 Å². The van der Waals surface area contributed by atoms with Gasteiger partial charge in [-0.1, -0.05) is 42.5 Å². The average molecular weight is 177 g/mol. The molecule has 1 rings (SSSR count). The summed E-state index contributed by atoms with van der Waals surface area (Å²) in [6.07, 6.45) is 4.12. The van der Waals surface area contributed by atoms with Gasteiger partial charge in [-0.15, -0.1) is 0 Å². The molecule has 0 N–H and O–H groups in total. The second-order valence-corrected chi connectivity index (χ2v) is 3.25. The summed E-state index contributed by atoms with van der Waals surface area (Å²) in [7, 11) is 6.00. The number of hydrogen-bond acceptors (Lipinski definition) is 1. The summed E-state index contributed by atoms with van der Waals surface area (Å²) < 4.78 is 0. The Morgan fingerprint density at radius 3 is 1.85 bits per heavy atom. The molecule has 0 saturated heterocycles. The molecule has 0 spiro atoms. The van der Waals surface area contributed by atoms with Gasteiger partial charge in [0.25, 0.3) is 0 Å². The van der Waals surface area contributed by atoms with Crippen molar-refractivity contribution in [2.75, 3.05) is 21.1 Å². The Kier molecular flexibility index (Phi) is 6.93. The van der Waals surface area contributed by atoms with Gasteiger partial charge < -0.3 is 4.90 Å². The van der Waals surface area contributed by atoms with E-state index in [1.165, 1.54) is 5.56 Å². The van der Waals surface area contributed by atoms with E-state index in [4.69, 9.17) is 0 Å². The molecular formula is C12H19N. The van der Waals surface area contributed by atoms with Gasteiger partial charge in [0.1, 0.15) is 0 Å². The normalized spacial score (nSPS) is 9.92. The van der Waals surface area contributed by atoms with E-state index in [9.17, 15) is 0 Å². The Labute approximate surface area is 81.7 Å². The Bertz CT molecular complexity index is 221. The van der Waals surface area contributed by atoms with Crippen molar-refractivity contribution in [1.82, 2.24) is 4.90 Å². The maximum absolute atomic E-state index is 2.08. The molecule has 1 heteroatoms. The van der Waals surface area contributed by atoms with Gasteiger partial charge in [-0.25, -0.2) is 0 Å². The van der Waals surface area contributed by atoms with Gasteiger partial charge in [-0.2, -0.15) is 0 Å². The molecule has 0 aliphatic rings. The highest BCUT2D eigenvalue weighted by molar-refractivity contribution is 5.47. The van der Waals surface area contributed by atoms with Gasteiger partial charge in [0.2, 0.25) is 0 Å². The third-order valence-corrected chi connectivity index (χ3v) is 1.16. The van der Waals surface area contributed by atoms with Crippen molar-refractivity contribution < 1.29 is 0 Å². The Hall–Kier alpha value is -1.08. The van der Waals surface area contributed by atoms with Crippen molar-refractivity contribution >= 4 is 6.08 Å². The van der Waals surface area contributed by atoms with Crippen molar-refractivity contribution in [1.29, 1.82) is 0 Å². The molecule has 0 amide bonds. The number of hydrogen-bond donors (Lipinski definition) is 0. The zero-order valence-corrected chi connectivity index (χ0v) is 8.99. The maximum atomic E-state index is 2.08. The van der Waals surface area contributed by atoms with Crippen molar-refractivity contribution in [2.24, 2.45) is 0 Å². The first-order chi connectivity index (χ1) is 6.16. The van der Waals surface area contributed by atoms with Gasteiger partial charge in [0, 0.05) is 0 Å². The first kappa shape index (κ1) is 11.9. The van der Waals surface area contributed by atoms with Crippen LogP contribution in [0.15, 0.2) is 36.4 Å². The van der Waals surface area contributed by atoms with Crippen LogP contribution in [0.5, 0.6) is 0 Å². The molecule has 13 heavy (non-hydrogen) atoms. The predicted octanol–water partition coefficient (Wildman–Crippen LogP) is 2.90. The monoisotopic (exact) mass is 177 g/mol. The van der Waals surface area contributed by atoms with Crippen LogP contribution >= 0.6 is 0 Å². The van der Waals surface area contributed by atoms with Crippen LogP contribution in [-0.2, 0) is 0 Å². The number of allylic oxidation sites excluding steroid dienone is 1. The van der Waals surface area contributed by atoms with E-state index in [2.05, 4.69) is 18.2 Å². The van der Waals surface area contributed by atoms with Gasteiger partial charge in [-0.3, -0.25) is 0 Å². The zero-order chi connectivity index (χ0) is 10.1. The molecule has 0 saturated carbocycles. The Morgan fingerprint density at radius 1 is 1.00 bits per heavy atom. The maximum Gasteiger partial charge on any atom is -0.0140 e. The standard InChI is InChI=1S/C9H10.C3H9N/c1-2-6-9-7-4-3-5-8-9;1-4(2)3/h2-8H,1H3;1-3H3. The molecule has 72 valence electrons. The second kappa shape index (κ2) is 7.56. The Morgan fingerprint density at radius 2 is 1.46 bits per heavy atom. The topological polar surface area (TPSA) is 3.24 Å². The second-order valence-electron chi connectivity index (χ2n) is 3.25. The lowest BCUT2D eigenvalue weighted by molar-refractivity contribution is 0.505. The van der Waals surface area contributed by atoms with E-state index in [1.54, 1.807) is 0 Å². The van der Waals surface area contributed by atoms with Crippen LogP contribution in [0.1, 0.15) is 12.5 Å². The fourth-order valence-corrected chi connectivity index (χ4v) is 0.757. The highest BCUT2D eigenvalue weighted by atomic mass is 15.0.